The molecular weight excluding hydrogens is 336 g/mol. The molecule has 0 bridgehead atoms. The highest BCUT2D eigenvalue weighted by Crippen LogP contribution is 2.31. The molecule has 0 saturated heterocycles. The van der Waals surface area contributed by atoms with Gasteiger partial charge in [-0.05, 0) is 58.4 Å². The molecule has 0 aliphatic heterocycles. The number of amides is 1. The summed E-state index contributed by atoms with van der Waals surface area (Å²) in [4.78, 5) is 23.9. The Kier molecular flexibility index (Phi) is 5.40. The molecule has 3 aromatic rings. The number of benzene rings is 1. The number of rotatable bonds is 5. The summed E-state index contributed by atoms with van der Waals surface area (Å²) in [5.74, 6) is -0.0257. The van der Waals surface area contributed by atoms with Crippen LogP contribution in [0.3, 0.4) is 0 Å². The van der Waals surface area contributed by atoms with Crippen LogP contribution in [0.25, 0.3) is 11.0 Å². The van der Waals surface area contributed by atoms with Gasteiger partial charge in [-0.1, -0.05) is 17.7 Å². The van der Waals surface area contributed by atoms with Crippen LogP contribution in [0.4, 0.5) is 11.4 Å². The molecule has 2 heterocycles. The minimum absolute atomic E-state index is 0.0257. The fourth-order valence-electron chi connectivity index (χ4n) is 3.24. The third kappa shape index (κ3) is 3.77. The van der Waals surface area contributed by atoms with E-state index in [1.165, 1.54) is 5.56 Å². The maximum absolute atomic E-state index is 13.1. The first-order valence-electron chi connectivity index (χ1n) is 9.34. The van der Waals surface area contributed by atoms with Crippen LogP contribution in [0, 0.1) is 20.8 Å². The van der Waals surface area contributed by atoms with E-state index in [9.17, 15) is 4.79 Å². The molecule has 1 amide bonds. The second kappa shape index (κ2) is 7.74. The average Bonchev–Trinajstić information content (AvgIpc) is 2.64. The van der Waals surface area contributed by atoms with Gasteiger partial charge in [0.25, 0.3) is 5.91 Å². The Morgan fingerprint density at radius 2 is 1.81 bits per heavy atom. The molecule has 0 aliphatic carbocycles. The van der Waals surface area contributed by atoms with E-state index in [2.05, 4.69) is 41.3 Å². The molecule has 0 saturated carbocycles. The smallest absolute Gasteiger partial charge is 0.257 e. The van der Waals surface area contributed by atoms with Crippen molar-refractivity contribution in [1.29, 1.82) is 0 Å². The van der Waals surface area contributed by atoms with Crippen molar-refractivity contribution in [3.05, 3.63) is 58.9 Å². The van der Waals surface area contributed by atoms with Gasteiger partial charge in [-0.2, -0.15) is 0 Å². The number of aryl methyl sites for hydroxylation is 3. The Labute approximate surface area is 160 Å². The van der Waals surface area contributed by atoms with Crippen molar-refractivity contribution in [2.45, 2.75) is 34.6 Å². The van der Waals surface area contributed by atoms with E-state index in [0.717, 1.165) is 28.0 Å². The monoisotopic (exact) mass is 362 g/mol. The van der Waals surface area contributed by atoms with Gasteiger partial charge in [-0.25, -0.2) is 9.97 Å². The molecule has 140 valence electrons. The number of carbonyl (C=O) groups excluding carboxylic acids is 1. The van der Waals surface area contributed by atoms with E-state index in [-0.39, 0.29) is 5.91 Å². The summed E-state index contributed by atoms with van der Waals surface area (Å²) in [5, 5.41) is 4.33. The van der Waals surface area contributed by atoms with E-state index < -0.39 is 0 Å². The van der Waals surface area contributed by atoms with Crippen LogP contribution in [0.1, 0.15) is 41.0 Å². The van der Waals surface area contributed by atoms with Crippen molar-refractivity contribution < 1.29 is 4.79 Å². The molecule has 0 fully saturated rings. The third-order valence-electron chi connectivity index (χ3n) is 4.79. The first-order valence-corrected chi connectivity index (χ1v) is 9.34. The summed E-state index contributed by atoms with van der Waals surface area (Å²) in [6.45, 7) is 11.3. The van der Waals surface area contributed by atoms with Gasteiger partial charge in [0, 0.05) is 36.1 Å². The number of fused-ring (bicyclic) bond motifs is 1. The maximum atomic E-state index is 13.1. The normalized spacial score (nSPS) is 10.9. The average molecular weight is 362 g/mol. The molecule has 0 unspecified atom stereocenters. The summed E-state index contributed by atoms with van der Waals surface area (Å²) < 4.78 is 0. The first kappa shape index (κ1) is 18.8. The minimum atomic E-state index is -0.0257. The van der Waals surface area contributed by atoms with Gasteiger partial charge < -0.3 is 10.2 Å². The van der Waals surface area contributed by atoms with Gasteiger partial charge in [0.15, 0.2) is 5.65 Å². The van der Waals surface area contributed by atoms with Gasteiger partial charge in [0.05, 0.1) is 11.3 Å². The lowest BCUT2D eigenvalue weighted by Gasteiger charge is -2.22. The molecule has 27 heavy (non-hydrogen) atoms. The number of nitrogens with one attached hydrogen (secondary N) is 1. The predicted octanol–water partition coefficient (Wildman–Crippen LogP) is 4.78. The molecule has 0 aliphatic rings. The number of nitrogens with zero attached hydrogens (tertiary/aromatic N) is 3. The quantitative estimate of drug-likeness (QED) is 0.709. The van der Waals surface area contributed by atoms with Gasteiger partial charge in [-0.3, -0.25) is 4.79 Å². The Balaban J connectivity index is 2.19. The highest BCUT2D eigenvalue weighted by Gasteiger charge is 2.20. The molecule has 0 atom stereocenters. The van der Waals surface area contributed by atoms with Crippen molar-refractivity contribution >= 4 is 28.3 Å². The molecule has 0 radical (unpaired) electrons. The lowest BCUT2D eigenvalue weighted by molar-refractivity contribution is 0.0774. The fourth-order valence-corrected chi connectivity index (χ4v) is 3.24. The number of hydrogen-bond acceptors (Lipinski definition) is 4. The maximum Gasteiger partial charge on any atom is 0.257 e. The summed E-state index contributed by atoms with van der Waals surface area (Å²) in [6, 6.07) is 10.2. The van der Waals surface area contributed by atoms with Gasteiger partial charge in [0.1, 0.15) is 0 Å². The third-order valence-corrected chi connectivity index (χ3v) is 4.79. The Hall–Kier alpha value is -2.95. The molecule has 0 spiro atoms. The number of pyridine rings is 2. The van der Waals surface area contributed by atoms with Crippen LogP contribution in [0.5, 0.6) is 0 Å². The molecule has 2 aromatic heterocycles. The summed E-state index contributed by atoms with van der Waals surface area (Å²) >= 11 is 0. The number of anilines is 2. The van der Waals surface area contributed by atoms with Crippen LogP contribution >= 0.6 is 0 Å². The van der Waals surface area contributed by atoms with Gasteiger partial charge >= 0.3 is 0 Å². The van der Waals surface area contributed by atoms with Crippen LogP contribution in [-0.2, 0) is 0 Å². The number of hydrogen-bond donors (Lipinski definition) is 1. The molecule has 3 rings (SSSR count). The molecule has 1 N–H and O–H groups in total. The van der Waals surface area contributed by atoms with Crippen LogP contribution in [0.15, 0.2) is 36.5 Å². The van der Waals surface area contributed by atoms with Crippen molar-refractivity contribution in [3.8, 4) is 0 Å². The largest absolute Gasteiger partial charge is 0.354 e. The van der Waals surface area contributed by atoms with Gasteiger partial charge in [0.2, 0.25) is 0 Å². The molecule has 5 heteroatoms. The van der Waals surface area contributed by atoms with Gasteiger partial charge in [-0.15, -0.1) is 0 Å². The van der Waals surface area contributed by atoms with E-state index in [0.29, 0.717) is 24.3 Å². The Morgan fingerprint density at radius 1 is 1.07 bits per heavy atom. The van der Waals surface area contributed by atoms with Crippen LogP contribution in [0.2, 0.25) is 0 Å². The summed E-state index contributed by atoms with van der Waals surface area (Å²) in [5.41, 5.74) is 6.17. The number of aromatic nitrogens is 2. The van der Waals surface area contributed by atoms with E-state index in [1.54, 1.807) is 11.1 Å². The topological polar surface area (TPSA) is 58.1 Å². The second-order valence-electron chi connectivity index (χ2n) is 6.79. The fraction of sp³-hybridized carbons (Fsp3) is 0.318. The summed E-state index contributed by atoms with van der Waals surface area (Å²) in [7, 11) is 0. The number of carbonyl (C=O) groups is 1. The van der Waals surface area contributed by atoms with Crippen molar-refractivity contribution in [3.63, 3.8) is 0 Å². The van der Waals surface area contributed by atoms with Crippen LogP contribution in [-0.4, -0.2) is 33.9 Å². The second-order valence-corrected chi connectivity index (χ2v) is 6.79. The SMILES string of the molecule is CCN(CC)C(=O)c1cnc2nc(C)ccc2c1Nc1ccc(C)cc1C. The Morgan fingerprint density at radius 3 is 2.48 bits per heavy atom. The first-order chi connectivity index (χ1) is 12.9. The van der Waals surface area contributed by atoms with Crippen LogP contribution < -0.4 is 5.32 Å². The molecular formula is C22H26N4O. The van der Waals surface area contributed by atoms with E-state index >= 15 is 0 Å². The highest BCUT2D eigenvalue weighted by atomic mass is 16.2. The zero-order valence-electron chi connectivity index (χ0n) is 16.6. The molecule has 5 nitrogen and oxygen atoms in total. The Bertz CT molecular complexity index is 993. The predicted molar refractivity (Wildman–Crippen MR) is 111 cm³/mol. The minimum Gasteiger partial charge on any atom is -0.354 e. The lowest BCUT2D eigenvalue weighted by atomic mass is 10.1. The zero-order valence-corrected chi connectivity index (χ0v) is 16.6. The highest BCUT2D eigenvalue weighted by molar-refractivity contribution is 6.07. The van der Waals surface area contributed by atoms with E-state index in [4.69, 9.17) is 0 Å². The van der Waals surface area contributed by atoms with Crippen molar-refractivity contribution in [1.82, 2.24) is 14.9 Å². The zero-order chi connectivity index (χ0) is 19.6. The summed E-state index contributed by atoms with van der Waals surface area (Å²) in [6.07, 6.45) is 1.64. The molecule has 1 aromatic carbocycles. The lowest BCUT2D eigenvalue weighted by Crippen LogP contribution is -2.31. The van der Waals surface area contributed by atoms with E-state index in [1.807, 2.05) is 39.0 Å². The standard InChI is InChI=1S/C22H26N4O/c1-6-26(7-2)22(27)18-13-23-21-17(10-9-16(5)24-21)20(18)25-19-11-8-14(3)12-15(19)4/h8-13H,6-7H2,1-5H3,(H,23,24,25). The van der Waals surface area contributed by atoms with Crippen molar-refractivity contribution in [2.24, 2.45) is 0 Å². The van der Waals surface area contributed by atoms with Crippen molar-refractivity contribution in [2.75, 3.05) is 18.4 Å².